The Morgan fingerprint density at radius 3 is 2.48 bits per heavy atom. The first-order chi connectivity index (χ1) is 12.9. The summed E-state index contributed by atoms with van der Waals surface area (Å²) < 4.78 is 9.99. The molecule has 0 aromatic heterocycles. The average Bonchev–Trinajstić information content (AvgIpc) is 2.66. The summed E-state index contributed by atoms with van der Waals surface area (Å²) in [5.74, 6) is -0.612. The number of benzene rings is 2. The lowest BCUT2D eigenvalue weighted by Gasteiger charge is -2.05. The van der Waals surface area contributed by atoms with Gasteiger partial charge in [0.05, 0.1) is 23.2 Å². The van der Waals surface area contributed by atoms with Crippen molar-refractivity contribution in [3.05, 3.63) is 68.3 Å². The molecular weight excluding hydrogens is 360 g/mol. The van der Waals surface area contributed by atoms with E-state index in [4.69, 9.17) is 9.47 Å². The standard InChI is InChI=1S/C16H14N4O7/c1-26-14-7-6-11(8-13(14)20(24)25)9-17-18-16(21)10-27-15-5-3-2-4-12(15)19(22)23/h2-9H,10H2,1H3,(H,18,21). The van der Waals surface area contributed by atoms with Crippen molar-refractivity contribution in [2.75, 3.05) is 13.7 Å². The number of hydrogen-bond acceptors (Lipinski definition) is 8. The number of nitrogens with one attached hydrogen (secondary N) is 1. The van der Waals surface area contributed by atoms with Crippen LogP contribution < -0.4 is 14.9 Å². The Bertz CT molecular complexity index is 898. The number of nitrogens with zero attached hydrogens (tertiary/aromatic N) is 3. The van der Waals surface area contributed by atoms with E-state index in [0.29, 0.717) is 5.56 Å². The van der Waals surface area contributed by atoms with E-state index < -0.39 is 22.4 Å². The fourth-order valence-electron chi connectivity index (χ4n) is 2.01. The average molecular weight is 374 g/mol. The minimum atomic E-state index is -0.660. The molecule has 11 nitrogen and oxygen atoms in total. The van der Waals surface area contributed by atoms with Crippen LogP contribution in [0.15, 0.2) is 47.6 Å². The predicted octanol–water partition coefficient (Wildman–Crippen LogP) is 2.04. The fourth-order valence-corrected chi connectivity index (χ4v) is 2.01. The number of amides is 1. The molecule has 0 spiro atoms. The third-order valence-corrected chi connectivity index (χ3v) is 3.22. The van der Waals surface area contributed by atoms with Gasteiger partial charge in [-0.1, -0.05) is 12.1 Å². The molecule has 0 aliphatic carbocycles. The van der Waals surface area contributed by atoms with Gasteiger partial charge in [-0.05, 0) is 18.2 Å². The number of hydrogen-bond donors (Lipinski definition) is 1. The number of para-hydroxylation sites is 2. The van der Waals surface area contributed by atoms with Gasteiger partial charge in [-0.3, -0.25) is 25.0 Å². The van der Waals surface area contributed by atoms with E-state index in [-0.39, 0.29) is 22.9 Å². The van der Waals surface area contributed by atoms with Crippen LogP contribution >= 0.6 is 0 Å². The van der Waals surface area contributed by atoms with E-state index >= 15 is 0 Å². The molecular formula is C16H14N4O7. The van der Waals surface area contributed by atoms with Gasteiger partial charge in [0.25, 0.3) is 5.91 Å². The Morgan fingerprint density at radius 1 is 1.11 bits per heavy atom. The SMILES string of the molecule is COc1ccc(C=NNC(=O)COc2ccccc2[N+](=O)[O-])cc1[N+](=O)[O-]. The second-order valence-electron chi connectivity index (χ2n) is 5.00. The van der Waals surface area contributed by atoms with Crippen LogP contribution in [0.1, 0.15) is 5.56 Å². The molecule has 0 fully saturated rings. The highest BCUT2D eigenvalue weighted by Gasteiger charge is 2.15. The lowest BCUT2D eigenvalue weighted by molar-refractivity contribution is -0.385. The van der Waals surface area contributed by atoms with E-state index in [1.54, 1.807) is 0 Å². The zero-order chi connectivity index (χ0) is 19.8. The molecule has 2 aromatic carbocycles. The van der Waals surface area contributed by atoms with Gasteiger partial charge in [-0.25, -0.2) is 5.43 Å². The van der Waals surface area contributed by atoms with Crippen LogP contribution in [0, 0.1) is 20.2 Å². The van der Waals surface area contributed by atoms with Crippen molar-refractivity contribution in [2.45, 2.75) is 0 Å². The molecule has 11 heteroatoms. The van der Waals surface area contributed by atoms with Crippen LogP contribution in [0.5, 0.6) is 11.5 Å². The van der Waals surface area contributed by atoms with E-state index in [9.17, 15) is 25.0 Å². The second kappa shape index (κ2) is 8.89. The van der Waals surface area contributed by atoms with Gasteiger partial charge in [0.1, 0.15) is 0 Å². The predicted molar refractivity (Wildman–Crippen MR) is 94.0 cm³/mol. The van der Waals surface area contributed by atoms with Crippen LogP contribution in [0.2, 0.25) is 0 Å². The Balaban J connectivity index is 1.95. The molecule has 0 aliphatic heterocycles. The van der Waals surface area contributed by atoms with E-state index in [0.717, 1.165) is 0 Å². The minimum Gasteiger partial charge on any atom is -0.490 e. The van der Waals surface area contributed by atoms with E-state index in [2.05, 4.69) is 10.5 Å². The molecule has 0 atom stereocenters. The number of hydrazone groups is 1. The van der Waals surface area contributed by atoms with Crippen LogP contribution in [0.25, 0.3) is 0 Å². The first-order valence-corrected chi connectivity index (χ1v) is 7.43. The third kappa shape index (κ3) is 5.22. The smallest absolute Gasteiger partial charge is 0.311 e. The first-order valence-electron chi connectivity index (χ1n) is 7.43. The van der Waals surface area contributed by atoms with Crippen molar-refractivity contribution >= 4 is 23.5 Å². The molecule has 0 saturated heterocycles. The number of methoxy groups -OCH3 is 1. The molecule has 140 valence electrons. The lowest BCUT2D eigenvalue weighted by Crippen LogP contribution is -2.24. The van der Waals surface area contributed by atoms with Crippen LogP contribution in [-0.2, 0) is 4.79 Å². The Kier molecular flexibility index (Phi) is 6.36. The van der Waals surface area contributed by atoms with Crippen molar-refractivity contribution in [1.82, 2.24) is 5.43 Å². The summed E-state index contributed by atoms with van der Waals surface area (Å²) in [5.41, 5.74) is 2.02. The molecule has 27 heavy (non-hydrogen) atoms. The molecule has 2 rings (SSSR count). The third-order valence-electron chi connectivity index (χ3n) is 3.22. The molecule has 0 radical (unpaired) electrons. The number of rotatable bonds is 8. The Morgan fingerprint density at radius 2 is 1.81 bits per heavy atom. The number of carbonyl (C=O) groups is 1. The van der Waals surface area contributed by atoms with Crippen LogP contribution in [-0.4, -0.2) is 35.7 Å². The first kappa shape index (κ1) is 19.3. The number of nitro groups is 2. The van der Waals surface area contributed by atoms with Crippen molar-refractivity contribution < 1.29 is 24.1 Å². The van der Waals surface area contributed by atoms with Gasteiger partial charge in [0.2, 0.25) is 0 Å². The fraction of sp³-hybridized carbons (Fsp3) is 0.125. The molecule has 1 N–H and O–H groups in total. The van der Waals surface area contributed by atoms with Crippen molar-refractivity contribution in [3.63, 3.8) is 0 Å². The van der Waals surface area contributed by atoms with E-state index in [1.807, 2.05) is 0 Å². The summed E-state index contributed by atoms with van der Waals surface area (Å²) in [7, 11) is 1.31. The summed E-state index contributed by atoms with van der Waals surface area (Å²) >= 11 is 0. The lowest BCUT2D eigenvalue weighted by atomic mass is 10.2. The highest BCUT2D eigenvalue weighted by Crippen LogP contribution is 2.27. The summed E-state index contributed by atoms with van der Waals surface area (Å²) in [6.45, 7) is -0.495. The minimum absolute atomic E-state index is 0.0487. The number of nitro benzene ring substituents is 2. The topological polar surface area (TPSA) is 146 Å². The van der Waals surface area contributed by atoms with Gasteiger partial charge in [-0.15, -0.1) is 0 Å². The maximum Gasteiger partial charge on any atom is 0.311 e. The van der Waals surface area contributed by atoms with Crippen molar-refractivity contribution in [3.8, 4) is 11.5 Å². The molecule has 0 bridgehead atoms. The highest BCUT2D eigenvalue weighted by molar-refractivity contribution is 5.84. The quantitative estimate of drug-likeness (QED) is 0.422. The molecule has 2 aromatic rings. The van der Waals surface area contributed by atoms with Gasteiger partial charge in [0, 0.05) is 17.7 Å². The molecule has 0 saturated carbocycles. The zero-order valence-corrected chi connectivity index (χ0v) is 14.0. The summed E-state index contributed by atoms with van der Waals surface area (Å²) in [6.07, 6.45) is 1.20. The van der Waals surface area contributed by atoms with Gasteiger partial charge < -0.3 is 9.47 Å². The molecule has 0 unspecified atom stereocenters. The van der Waals surface area contributed by atoms with Crippen molar-refractivity contribution in [1.29, 1.82) is 0 Å². The summed E-state index contributed by atoms with van der Waals surface area (Å²) in [4.78, 5) is 32.3. The largest absolute Gasteiger partial charge is 0.490 e. The number of carbonyl (C=O) groups excluding carboxylic acids is 1. The van der Waals surface area contributed by atoms with Gasteiger partial charge in [-0.2, -0.15) is 5.10 Å². The maximum atomic E-state index is 11.7. The number of ether oxygens (including phenoxy) is 2. The molecule has 0 aliphatic rings. The molecule has 1 amide bonds. The van der Waals surface area contributed by atoms with Gasteiger partial charge >= 0.3 is 11.4 Å². The second-order valence-corrected chi connectivity index (χ2v) is 5.00. The van der Waals surface area contributed by atoms with Gasteiger partial charge in [0.15, 0.2) is 18.1 Å². The zero-order valence-electron chi connectivity index (χ0n) is 14.0. The highest BCUT2D eigenvalue weighted by atomic mass is 16.6. The van der Waals surface area contributed by atoms with Crippen LogP contribution in [0.4, 0.5) is 11.4 Å². The maximum absolute atomic E-state index is 11.7. The molecule has 0 heterocycles. The monoisotopic (exact) mass is 374 g/mol. The van der Waals surface area contributed by atoms with Crippen molar-refractivity contribution in [2.24, 2.45) is 5.10 Å². The Labute approximate surface area is 152 Å². The van der Waals surface area contributed by atoms with Crippen LogP contribution in [0.3, 0.4) is 0 Å². The summed E-state index contributed by atoms with van der Waals surface area (Å²) in [6, 6.07) is 9.79. The normalized spacial score (nSPS) is 10.4. The van der Waals surface area contributed by atoms with E-state index in [1.165, 1.54) is 55.8 Å². The summed E-state index contributed by atoms with van der Waals surface area (Å²) in [5, 5.41) is 25.5. The Hall–Kier alpha value is -4.02.